The van der Waals surface area contributed by atoms with E-state index < -0.39 is 0 Å². The van der Waals surface area contributed by atoms with E-state index in [1.807, 2.05) is 0 Å². The zero-order chi connectivity index (χ0) is 8.53. The van der Waals surface area contributed by atoms with Crippen molar-refractivity contribution in [1.29, 1.82) is 0 Å². The predicted molar refractivity (Wildman–Crippen MR) is 48.6 cm³/mol. The third-order valence-electron chi connectivity index (χ3n) is 1.66. The molecule has 0 radical (unpaired) electrons. The van der Waals surface area contributed by atoms with Crippen LogP contribution in [0.4, 0.5) is 0 Å². The highest BCUT2D eigenvalue weighted by Crippen LogP contribution is 2.05. The lowest BCUT2D eigenvalue weighted by atomic mass is 10.1. The van der Waals surface area contributed by atoms with Crippen molar-refractivity contribution in [3.05, 3.63) is 11.6 Å². The summed E-state index contributed by atoms with van der Waals surface area (Å²) in [6.07, 6.45) is 8.41. The van der Waals surface area contributed by atoms with Crippen LogP contribution in [0, 0.1) is 0 Å². The average Bonchev–Trinajstić information content (AvgIpc) is 1.99. The van der Waals surface area contributed by atoms with E-state index in [0.29, 0.717) is 6.42 Å². The Bertz CT molecular complexity index is 125. The summed E-state index contributed by atoms with van der Waals surface area (Å²) < 4.78 is 0. The molecule has 1 heteroatoms. The molecular formula is C10H18O. The summed E-state index contributed by atoms with van der Waals surface area (Å²) >= 11 is 0. The van der Waals surface area contributed by atoms with E-state index in [0.717, 1.165) is 19.1 Å². The zero-order valence-electron chi connectivity index (χ0n) is 7.60. The van der Waals surface area contributed by atoms with Gasteiger partial charge in [-0.1, -0.05) is 25.0 Å². The second-order valence-electron chi connectivity index (χ2n) is 2.90. The molecule has 0 saturated heterocycles. The molecule has 0 heterocycles. The van der Waals surface area contributed by atoms with Gasteiger partial charge in [0.05, 0.1) is 0 Å². The lowest BCUT2D eigenvalue weighted by Gasteiger charge is -1.96. The molecule has 0 N–H and O–H groups in total. The van der Waals surface area contributed by atoms with Crippen molar-refractivity contribution in [3.63, 3.8) is 0 Å². The number of carbonyl (C=O) groups is 1. The van der Waals surface area contributed by atoms with E-state index in [9.17, 15) is 4.79 Å². The van der Waals surface area contributed by atoms with Gasteiger partial charge in [0, 0.05) is 6.42 Å². The van der Waals surface area contributed by atoms with Gasteiger partial charge in [0.1, 0.15) is 6.29 Å². The standard InChI is InChI=1S/C10H18O/c1-3-7-10(2)8-5-4-6-9-11/h8-9H,3-7H2,1-2H3/b10-8+. The Morgan fingerprint density at radius 3 is 2.64 bits per heavy atom. The first-order valence-electron chi connectivity index (χ1n) is 4.40. The quantitative estimate of drug-likeness (QED) is 0.326. The van der Waals surface area contributed by atoms with E-state index in [-0.39, 0.29) is 0 Å². The van der Waals surface area contributed by atoms with Gasteiger partial charge in [-0.3, -0.25) is 0 Å². The highest BCUT2D eigenvalue weighted by molar-refractivity contribution is 5.49. The van der Waals surface area contributed by atoms with Gasteiger partial charge in [0.15, 0.2) is 0 Å². The van der Waals surface area contributed by atoms with Gasteiger partial charge in [0.2, 0.25) is 0 Å². The van der Waals surface area contributed by atoms with Crippen molar-refractivity contribution in [1.82, 2.24) is 0 Å². The fraction of sp³-hybridized carbons (Fsp3) is 0.700. The maximum atomic E-state index is 9.95. The summed E-state index contributed by atoms with van der Waals surface area (Å²) in [7, 11) is 0. The van der Waals surface area contributed by atoms with E-state index in [2.05, 4.69) is 19.9 Å². The van der Waals surface area contributed by atoms with Crippen molar-refractivity contribution in [2.75, 3.05) is 0 Å². The van der Waals surface area contributed by atoms with Gasteiger partial charge in [-0.25, -0.2) is 0 Å². The second kappa shape index (κ2) is 7.52. The van der Waals surface area contributed by atoms with Crippen LogP contribution in [0.2, 0.25) is 0 Å². The Labute approximate surface area is 69.5 Å². The van der Waals surface area contributed by atoms with Crippen LogP contribution >= 0.6 is 0 Å². The van der Waals surface area contributed by atoms with Gasteiger partial charge in [-0.2, -0.15) is 0 Å². The molecule has 0 aromatic rings. The number of unbranched alkanes of at least 4 members (excludes halogenated alkanes) is 2. The highest BCUT2D eigenvalue weighted by Gasteiger charge is 1.87. The van der Waals surface area contributed by atoms with Crippen LogP contribution in [0.15, 0.2) is 11.6 Å². The van der Waals surface area contributed by atoms with Crippen molar-refractivity contribution < 1.29 is 4.79 Å². The Morgan fingerprint density at radius 1 is 1.36 bits per heavy atom. The molecule has 0 spiro atoms. The highest BCUT2D eigenvalue weighted by atomic mass is 16.1. The third kappa shape index (κ3) is 7.31. The number of carbonyl (C=O) groups excluding carboxylic acids is 1. The molecule has 0 aliphatic heterocycles. The minimum atomic E-state index is 0.704. The van der Waals surface area contributed by atoms with Crippen molar-refractivity contribution in [3.8, 4) is 0 Å². The second-order valence-corrected chi connectivity index (χ2v) is 2.90. The molecule has 0 aromatic carbocycles. The maximum Gasteiger partial charge on any atom is 0.120 e. The predicted octanol–water partition coefficient (Wildman–Crippen LogP) is 3.10. The number of hydrogen-bond donors (Lipinski definition) is 0. The van der Waals surface area contributed by atoms with Crippen LogP contribution in [0.3, 0.4) is 0 Å². The maximum absolute atomic E-state index is 9.95. The van der Waals surface area contributed by atoms with E-state index in [1.165, 1.54) is 18.4 Å². The van der Waals surface area contributed by atoms with E-state index in [1.54, 1.807) is 0 Å². The first-order valence-corrected chi connectivity index (χ1v) is 4.40. The molecule has 0 fully saturated rings. The van der Waals surface area contributed by atoms with Gasteiger partial charge in [-0.05, 0) is 26.2 Å². The Morgan fingerprint density at radius 2 is 2.09 bits per heavy atom. The number of hydrogen-bond acceptors (Lipinski definition) is 1. The molecular weight excluding hydrogens is 136 g/mol. The summed E-state index contributed by atoms with van der Waals surface area (Å²) in [4.78, 5) is 9.95. The number of aldehydes is 1. The SMILES string of the molecule is CCC/C(C)=C/CCCC=O. The lowest BCUT2D eigenvalue weighted by molar-refractivity contribution is -0.107. The Hall–Kier alpha value is -0.590. The largest absolute Gasteiger partial charge is 0.303 e. The molecule has 64 valence electrons. The topological polar surface area (TPSA) is 17.1 Å². The lowest BCUT2D eigenvalue weighted by Crippen LogP contribution is -1.78. The van der Waals surface area contributed by atoms with E-state index >= 15 is 0 Å². The monoisotopic (exact) mass is 154 g/mol. The summed E-state index contributed by atoms with van der Waals surface area (Å²) in [5.74, 6) is 0. The molecule has 11 heavy (non-hydrogen) atoms. The first-order chi connectivity index (χ1) is 5.31. The van der Waals surface area contributed by atoms with Crippen LogP contribution in [-0.2, 0) is 4.79 Å². The molecule has 0 aromatic heterocycles. The minimum Gasteiger partial charge on any atom is -0.303 e. The summed E-state index contributed by atoms with van der Waals surface area (Å²) in [5, 5.41) is 0. The molecule has 0 unspecified atom stereocenters. The summed E-state index contributed by atoms with van der Waals surface area (Å²) in [6, 6.07) is 0. The van der Waals surface area contributed by atoms with Crippen molar-refractivity contribution in [2.45, 2.75) is 46.0 Å². The van der Waals surface area contributed by atoms with Crippen LogP contribution in [0.25, 0.3) is 0 Å². The van der Waals surface area contributed by atoms with Crippen LogP contribution < -0.4 is 0 Å². The smallest absolute Gasteiger partial charge is 0.120 e. The Kier molecular flexibility index (Phi) is 7.11. The molecule has 1 nitrogen and oxygen atoms in total. The molecule has 0 aliphatic rings. The zero-order valence-corrected chi connectivity index (χ0v) is 7.60. The van der Waals surface area contributed by atoms with Gasteiger partial charge in [-0.15, -0.1) is 0 Å². The van der Waals surface area contributed by atoms with Gasteiger partial charge in [0.25, 0.3) is 0 Å². The number of rotatable bonds is 6. The van der Waals surface area contributed by atoms with Crippen LogP contribution in [0.5, 0.6) is 0 Å². The van der Waals surface area contributed by atoms with E-state index in [4.69, 9.17) is 0 Å². The van der Waals surface area contributed by atoms with Crippen LogP contribution in [0.1, 0.15) is 46.0 Å². The van der Waals surface area contributed by atoms with Crippen LogP contribution in [-0.4, -0.2) is 6.29 Å². The first kappa shape index (κ1) is 10.4. The third-order valence-corrected chi connectivity index (χ3v) is 1.66. The average molecular weight is 154 g/mol. The van der Waals surface area contributed by atoms with Gasteiger partial charge < -0.3 is 4.79 Å². The van der Waals surface area contributed by atoms with Gasteiger partial charge >= 0.3 is 0 Å². The number of allylic oxidation sites excluding steroid dienone is 2. The Balaban J connectivity index is 3.31. The van der Waals surface area contributed by atoms with Crippen molar-refractivity contribution in [2.24, 2.45) is 0 Å². The fourth-order valence-electron chi connectivity index (χ4n) is 1.05. The molecule has 0 saturated carbocycles. The fourth-order valence-corrected chi connectivity index (χ4v) is 1.05. The summed E-state index contributed by atoms with van der Waals surface area (Å²) in [6.45, 7) is 4.34. The molecule has 0 bridgehead atoms. The minimum absolute atomic E-state index is 0.704. The molecule has 0 aliphatic carbocycles. The molecule has 0 atom stereocenters. The molecule has 0 amide bonds. The normalized spacial score (nSPS) is 11.6. The molecule has 0 rings (SSSR count). The summed E-state index contributed by atoms with van der Waals surface area (Å²) in [5.41, 5.74) is 1.46. The van der Waals surface area contributed by atoms with Crippen molar-refractivity contribution >= 4 is 6.29 Å².